The minimum atomic E-state index is -0.184. The lowest BCUT2D eigenvalue weighted by Gasteiger charge is -2.24. The molecule has 0 saturated carbocycles. The summed E-state index contributed by atoms with van der Waals surface area (Å²) in [5.41, 5.74) is 0. The van der Waals surface area contributed by atoms with Crippen LogP contribution in [0.15, 0.2) is 0 Å². The highest BCUT2D eigenvalue weighted by Gasteiger charge is 2.22. The largest absolute Gasteiger partial charge is 0.393 e. The molecule has 1 aliphatic rings. The molecule has 1 aliphatic heterocycles. The highest BCUT2D eigenvalue weighted by molar-refractivity contribution is 4.72. The average molecular weight is 200 g/mol. The van der Waals surface area contributed by atoms with E-state index in [0.29, 0.717) is 17.9 Å². The monoisotopic (exact) mass is 200 g/mol. The zero-order valence-corrected chi connectivity index (χ0v) is 9.70. The summed E-state index contributed by atoms with van der Waals surface area (Å²) < 4.78 is 5.58. The van der Waals surface area contributed by atoms with Crippen molar-refractivity contribution in [1.29, 1.82) is 0 Å². The van der Waals surface area contributed by atoms with Crippen molar-refractivity contribution in [1.82, 2.24) is 0 Å². The third-order valence-corrected chi connectivity index (χ3v) is 3.32. The molecule has 2 nitrogen and oxygen atoms in total. The predicted molar refractivity (Wildman–Crippen MR) is 58.2 cm³/mol. The molecule has 0 bridgehead atoms. The van der Waals surface area contributed by atoms with Gasteiger partial charge >= 0.3 is 0 Å². The van der Waals surface area contributed by atoms with Crippen molar-refractivity contribution < 1.29 is 9.84 Å². The lowest BCUT2D eigenvalue weighted by molar-refractivity contribution is 0.0619. The summed E-state index contributed by atoms with van der Waals surface area (Å²) in [6, 6.07) is 0. The molecule has 1 fully saturated rings. The average Bonchev–Trinajstić information content (AvgIpc) is 2.55. The lowest BCUT2D eigenvalue weighted by atomic mass is 9.86. The quantitative estimate of drug-likeness (QED) is 0.739. The Bertz CT molecular complexity index is 140. The first kappa shape index (κ1) is 12.0. The minimum absolute atomic E-state index is 0.184. The molecule has 1 rings (SSSR count). The molecule has 1 heterocycles. The van der Waals surface area contributed by atoms with Gasteiger partial charge in [-0.3, -0.25) is 0 Å². The molecule has 1 saturated heterocycles. The molecule has 14 heavy (non-hydrogen) atoms. The molecular weight excluding hydrogens is 176 g/mol. The molecule has 84 valence electrons. The zero-order chi connectivity index (χ0) is 10.6. The van der Waals surface area contributed by atoms with E-state index in [1.54, 1.807) is 0 Å². The Kier molecular flexibility index (Phi) is 4.90. The Labute approximate surface area is 87.7 Å². The number of aliphatic hydroxyl groups excluding tert-OH is 1. The van der Waals surface area contributed by atoms with Crippen LogP contribution < -0.4 is 0 Å². The van der Waals surface area contributed by atoms with E-state index in [9.17, 15) is 5.11 Å². The summed E-state index contributed by atoms with van der Waals surface area (Å²) in [6.07, 6.45) is 4.93. The first-order chi connectivity index (χ1) is 6.61. The molecule has 3 atom stereocenters. The summed E-state index contributed by atoms with van der Waals surface area (Å²) in [6.45, 7) is 7.21. The molecule has 1 N–H and O–H groups in total. The van der Waals surface area contributed by atoms with Gasteiger partial charge < -0.3 is 9.84 Å². The van der Waals surface area contributed by atoms with Crippen molar-refractivity contribution in [3.63, 3.8) is 0 Å². The van der Waals surface area contributed by atoms with Gasteiger partial charge in [0.2, 0.25) is 0 Å². The first-order valence-electron chi connectivity index (χ1n) is 5.91. The Balaban J connectivity index is 2.25. The normalized spacial score (nSPS) is 26.8. The maximum atomic E-state index is 9.62. The molecule has 0 spiro atoms. The SMILES string of the molecule is CC(C)C(CCC1CCCO1)C(C)O. The molecule has 0 amide bonds. The molecule has 3 unspecified atom stereocenters. The van der Waals surface area contributed by atoms with E-state index < -0.39 is 0 Å². The van der Waals surface area contributed by atoms with Crippen LogP contribution in [-0.4, -0.2) is 23.9 Å². The standard InChI is InChI=1S/C12H24O2/c1-9(2)12(10(3)13)7-6-11-5-4-8-14-11/h9-13H,4-8H2,1-3H3. The van der Waals surface area contributed by atoms with E-state index in [-0.39, 0.29) is 6.10 Å². The zero-order valence-electron chi connectivity index (χ0n) is 9.70. The Morgan fingerprint density at radius 2 is 2.07 bits per heavy atom. The molecule has 2 heteroatoms. The van der Waals surface area contributed by atoms with Crippen molar-refractivity contribution in [2.24, 2.45) is 11.8 Å². The number of ether oxygens (including phenoxy) is 1. The van der Waals surface area contributed by atoms with Crippen molar-refractivity contribution in [3.05, 3.63) is 0 Å². The van der Waals surface area contributed by atoms with E-state index in [1.807, 2.05) is 6.92 Å². The van der Waals surface area contributed by atoms with Gasteiger partial charge in [0, 0.05) is 6.61 Å². The molecule has 0 aromatic carbocycles. The van der Waals surface area contributed by atoms with Gasteiger partial charge in [0.05, 0.1) is 12.2 Å². The van der Waals surface area contributed by atoms with Gasteiger partial charge in [0.25, 0.3) is 0 Å². The van der Waals surface area contributed by atoms with Crippen molar-refractivity contribution >= 4 is 0 Å². The molecule has 0 aliphatic carbocycles. The summed E-state index contributed by atoms with van der Waals surface area (Å²) in [5, 5.41) is 9.62. The van der Waals surface area contributed by atoms with Crippen LogP contribution in [0.4, 0.5) is 0 Å². The predicted octanol–water partition coefficient (Wildman–Crippen LogP) is 2.60. The molecule has 0 radical (unpaired) electrons. The fourth-order valence-corrected chi connectivity index (χ4v) is 2.38. The lowest BCUT2D eigenvalue weighted by Crippen LogP contribution is -2.23. The van der Waals surface area contributed by atoms with Crippen LogP contribution in [0.1, 0.15) is 46.5 Å². The second kappa shape index (κ2) is 5.72. The summed E-state index contributed by atoms with van der Waals surface area (Å²) in [7, 11) is 0. The van der Waals surface area contributed by atoms with Crippen LogP contribution in [0.25, 0.3) is 0 Å². The van der Waals surface area contributed by atoms with Crippen LogP contribution in [-0.2, 0) is 4.74 Å². The van der Waals surface area contributed by atoms with E-state index in [2.05, 4.69) is 13.8 Å². The van der Waals surface area contributed by atoms with Crippen LogP contribution in [0.3, 0.4) is 0 Å². The van der Waals surface area contributed by atoms with Gasteiger partial charge in [-0.15, -0.1) is 0 Å². The highest BCUT2D eigenvalue weighted by atomic mass is 16.5. The maximum Gasteiger partial charge on any atom is 0.0576 e. The van der Waals surface area contributed by atoms with Crippen molar-refractivity contribution in [2.75, 3.05) is 6.61 Å². The van der Waals surface area contributed by atoms with Crippen molar-refractivity contribution in [3.8, 4) is 0 Å². The van der Waals surface area contributed by atoms with Crippen molar-refractivity contribution in [2.45, 2.75) is 58.7 Å². The summed E-state index contributed by atoms with van der Waals surface area (Å²) >= 11 is 0. The Morgan fingerprint density at radius 1 is 1.36 bits per heavy atom. The topological polar surface area (TPSA) is 29.5 Å². The van der Waals surface area contributed by atoms with E-state index in [1.165, 1.54) is 12.8 Å². The Hall–Kier alpha value is -0.0800. The summed E-state index contributed by atoms with van der Waals surface area (Å²) in [5.74, 6) is 0.996. The van der Waals surface area contributed by atoms with Gasteiger partial charge in [0.15, 0.2) is 0 Å². The summed E-state index contributed by atoms with van der Waals surface area (Å²) in [4.78, 5) is 0. The number of rotatable bonds is 5. The number of hydrogen-bond acceptors (Lipinski definition) is 2. The van der Waals surface area contributed by atoms with Gasteiger partial charge in [0.1, 0.15) is 0 Å². The smallest absolute Gasteiger partial charge is 0.0576 e. The Morgan fingerprint density at radius 3 is 2.50 bits per heavy atom. The maximum absolute atomic E-state index is 9.62. The van der Waals surface area contributed by atoms with Crippen LogP contribution in [0, 0.1) is 11.8 Å². The molecular formula is C12H24O2. The number of hydrogen-bond donors (Lipinski definition) is 1. The second-order valence-electron chi connectivity index (χ2n) is 4.86. The van der Waals surface area contributed by atoms with Gasteiger partial charge in [-0.25, -0.2) is 0 Å². The fourth-order valence-electron chi connectivity index (χ4n) is 2.38. The van der Waals surface area contributed by atoms with Gasteiger partial charge in [-0.05, 0) is 44.4 Å². The first-order valence-corrected chi connectivity index (χ1v) is 5.91. The second-order valence-corrected chi connectivity index (χ2v) is 4.86. The van der Waals surface area contributed by atoms with Gasteiger partial charge in [-0.1, -0.05) is 13.8 Å². The molecule has 0 aromatic rings. The minimum Gasteiger partial charge on any atom is -0.393 e. The van der Waals surface area contributed by atoms with Crippen LogP contribution in [0.2, 0.25) is 0 Å². The fraction of sp³-hybridized carbons (Fsp3) is 1.00. The van der Waals surface area contributed by atoms with E-state index in [0.717, 1.165) is 19.4 Å². The van der Waals surface area contributed by atoms with Crippen LogP contribution in [0.5, 0.6) is 0 Å². The molecule has 0 aromatic heterocycles. The van der Waals surface area contributed by atoms with E-state index in [4.69, 9.17) is 4.74 Å². The number of aliphatic hydroxyl groups is 1. The van der Waals surface area contributed by atoms with E-state index >= 15 is 0 Å². The third kappa shape index (κ3) is 3.58. The highest BCUT2D eigenvalue weighted by Crippen LogP contribution is 2.25. The van der Waals surface area contributed by atoms with Crippen LogP contribution >= 0.6 is 0 Å². The third-order valence-electron chi connectivity index (χ3n) is 3.32. The van der Waals surface area contributed by atoms with Gasteiger partial charge in [-0.2, -0.15) is 0 Å².